The van der Waals surface area contributed by atoms with E-state index in [0.717, 1.165) is 11.1 Å². The van der Waals surface area contributed by atoms with Crippen molar-refractivity contribution in [1.29, 1.82) is 0 Å². The molecule has 0 unspecified atom stereocenters. The maximum Gasteiger partial charge on any atom is 0.249 e. The number of nitrogens with one attached hydrogen (secondary N) is 1. The van der Waals surface area contributed by atoms with E-state index in [1.54, 1.807) is 35.2 Å². The number of hydrogen-bond donors (Lipinski definition) is 1. The Bertz CT molecular complexity index is 966. The molecule has 0 fully saturated rings. The quantitative estimate of drug-likeness (QED) is 0.544. The van der Waals surface area contributed by atoms with Gasteiger partial charge < -0.3 is 9.73 Å². The van der Waals surface area contributed by atoms with E-state index in [1.807, 2.05) is 31.2 Å². The predicted octanol–water partition coefficient (Wildman–Crippen LogP) is 3.69. The molecule has 26 heavy (non-hydrogen) atoms. The second-order valence-corrected chi connectivity index (χ2v) is 5.90. The molecular formula is C20H19N3O3. The monoisotopic (exact) mass is 349 g/mol. The van der Waals surface area contributed by atoms with Crippen LogP contribution in [0.2, 0.25) is 0 Å². The Morgan fingerprint density at radius 3 is 2.73 bits per heavy atom. The van der Waals surface area contributed by atoms with E-state index >= 15 is 0 Å². The molecule has 1 amide bonds. The number of Topliss-reactive ketones (excluding diaryl/α,β-unsaturated/α-hetero) is 1. The normalized spacial score (nSPS) is 11.0. The number of amides is 1. The fourth-order valence-electron chi connectivity index (χ4n) is 2.44. The Labute approximate surface area is 151 Å². The summed E-state index contributed by atoms with van der Waals surface area (Å²) in [7, 11) is 0. The number of rotatable bonds is 6. The van der Waals surface area contributed by atoms with Gasteiger partial charge in [-0.3, -0.25) is 14.3 Å². The van der Waals surface area contributed by atoms with E-state index < -0.39 is 0 Å². The van der Waals surface area contributed by atoms with Gasteiger partial charge in [-0.25, -0.2) is 0 Å². The lowest BCUT2D eigenvalue weighted by Crippen LogP contribution is -2.09. The fourth-order valence-corrected chi connectivity index (χ4v) is 2.44. The van der Waals surface area contributed by atoms with Crippen LogP contribution in [0.25, 0.3) is 6.08 Å². The van der Waals surface area contributed by atoms with E-state index in [2.05, 4.69) is 10.4 Å². The molecule has 0 aliphatic heterocycles. The molecular weight excluding hydrogens is 330 g/mol. The highest BCUT2D eigenvalue weighted by Crippen LogP contribution is 2.12. The van der Waals surface area contributed by atoms with Crippen LogP contribution in [-0.2, 0) is 11.3 Å². The highest BCUT2D eigenvalue weighted by molar-refractivity contribution is 6.01. The first kappa shape index (κ1) is 17.4. The van der Waals surface area contributed by atoms with Crippen LogP contribution in [-0.4, -0.2) is 21.5 Å². The molecule has 2 aromatic heterocycles. The van der Waals surface area contributed by atoms with Crippen LogP contribution in [0.15, 0.2) is 59.2 Å². The van der Waals surface area contributed by atoms with Crippen molar-refractivity contribution in [2.45, 2.75) is 20.4 Å². The third-order valence-electron chi connectivity index (χ3n) is 3.82. The van der Waals surface area contributed by atoms with Crippen molar-refractivity contribution in [3.8, 4) is 0 Å². The summed E-state index contributed by atoms with van der Waals surface area (Å²) in [5, 5.41) is 7.00. The number of carbonyl (C=O) groups excluding carboxylic acids is 2. The van der Waals surface area contributed by atoms with Crippen LogP contribution < -0.4 is 5.32 Å². The molecule has 2 heterocycles. The smallest absolute Gasteiger partial charge is 0.249 e. The summed E-state index contributed by atoms with van der Waals surface area (Å²) in [4.78, 5) is 23.3. The maximum atomic E-state index is 12.0. The number of aryl methyl sites for hydroxylation is 1. The van der Waals surface area contributed by atoms with Crippen molar-refractivity contribution >= 4 is 23.6 Å². The number of hydrogen-bond acceptors (Lipinski definition) is 4. The lowest BCUT2D eigenvalue weighted by molar-refractivity contribution is -0.111. The minimum Gasteiger partial charge on any atom is -0.456 e. The zero-order valence-electron chi connectivity index (χ0n) is 14.6. The first-order valence-corrected chi connectivity index (χ1v) is 8.19. The minimum atomic E-state index is -0.254. The van der Waals surface area contributed by atoms with Crippen LogP contribution >= 0.6 is 0 Å². The Morgan fingerprint density at radius 2 is 2.00 bits per heavy atom. The van der Waals surface area contributed by atoms with Gasteiger partial charge in [0.2, 0.25) is 5.91 Å². The zero-order valence-corrected chi connectivity index (χ0v) is 14.6. The van der Waals surface area contributed by atoms with Crippen molar-refractivity contribution in [2.24, 2.45) is 0 Å². The van der Waals surface area contributed by atoms with Gasteiger partial charge in [0.05, 0.1) is 6.54 Å². The molecule has 1 N–H and O–H groups in total. The van der Waals surface area contributed by atoms with Gasteiger partial charge in [-0.2, -0.15) is 5.10 Å². The standard InChI is InChI=1S/C20H19N3O3/c1-14-5-3-4-6-16(14)7-10-20(25)21-19-11-12-23(22-19)13-17-8-9-18(26-17)15(2)24/h3-12H,13H2,1-2H3,(H,21,22,25)/b10-7+. The van der Waals surface area contributed by atoms with Gasteiger partial charge in [-0.15, -0.1) is 0 Å². The first-order chi connectivity index (χ1) is 12.5. The molecule has 0 spiro atoms. The van der Waals surface area contributed by atoms with Gasteiger partial charge in [0.25, 0.3) is 0 Å². The number of nitrogens with zero attached hydrogens (tertiary/aromatic N) is 2. The largest absolute Gasteiger partial charge is 0.456 e. The molecule has 0 bridgehead atoms. The average Bonchev–Trinajstić information content (AvgIpc) is 3.24. The van der Waals surface area contributed by atoms with E-state index in [0.29, 0.717) is 23.9 Å². The molecule has 0 saturated heterocycles. The molecule has 132 valence electrons. The fraction of sp³-hybridized carbons (Fsp3) is 0.150. The molecule has 0 aliphatic carbocycles. The third-order valence-corrected chi connectivity index (χ3v) is 3.82. The predicted molar refractivity (Wildman–Crippen MR) is 98.9 cm³/mol. The Hall–Kier alpha value is -3.41. The van der Waals surface area contributed by atoms with E-state index in [9.17, 15) is 9.59 Å². The number of ketones is 1. The summed E-state index contributed by atoms with van der Waals surface area (Å²) < 4.78 is 7.06. The number of benzene rings is 1. The first-order valence-electron chi connectivity index (χ1n) is 8.19. The highest BCUT2D eigenvalue weighted by atomic mass is 16.3. The Morgan fingerprint density at radius 1 is 1.19 bits per heavy atom. The number of furan rings is 1. The van der Waals surface area contributed by atoms with Crippen LogP contribution in [0, 0.1) is 6.92 Å². The maximum absolute atomic E-state index is 12.0. The molecule has 3 rings (SSSR count). The van der Waals surface area contributed by atoms with Crippen LogP contribution in [0.5, 0.6) is 0 Å². The molecule has 1 aromatic carbocycles. The van der Waals surface area contributed by atoms with E-state index in [-0.39, 0.29) is 11.7 Å². The zero-order chi connectivity index (χ0) is 18.5. The molecule has 0 radical (unpaired) electrons. The van der Waals surface area contributed by atoms with Crippen molar-refractivity contribution in [2.75, 3.05) is 5.32 Å². The summed E-state index contributed by atoms with van der Waals surface area (Å²) >= 11 is 0. The summed E-state index contributed by atoms with van der Waals surface area (Å²) in [6.45, 7) is 3.82. The second kappa shape index (κ2) is 7.65. The Kier molecular flexibility index (Phi) is 5.12. The summed E-state index contributed by atoms with van der Waals surface area (Å²) in [5.74, 6) is 1.01. The number of aromatic nitrogens is 2. The summed E-state index contributed by atoms with van der Waals surface area (Å²) in [6, 6.07) is 12.9. The molecule has 6 heteroatoms. The van der Waals surface area contributed by atoms with Crippen molar-refractivity contribution < 1.29 is 14.0 Å². The number of anilines is 1. The third kappa shape index (κ3) is 4.36. The molecule has 6 nitrogen and oxygen atoms in total. The summed E-state index contributed by atoms with van der Waals surface area (Å²) in [5.41, 5.74) is 2.09. The molecule has 0 atom stereocenters. The van der Waals surface area contributed by atoms with Crippen LogP contribution in [0.3, 0.4) is 0 Å². The van der Waals surface area contributed by atoms with Gasteiger partial charge >= 0.3 is 0 Å². The molecule has 0 saturated carbocycles. The molecule has 3 aromatic rings. The van der Waals surface area contributed by atoms with Crippen molar-refractivity contribution in [3.63, 3.8) is 0 Å². The minimum absolute atomic E-state index is 0.120. The SMILES string of the molecule is CC(=O)c1ccc(Cn2ccc(NC(=O)/C=C/c3ccccc3C)n2)o1. The topological polar surface area (TPSA) is 77.1 Å². The van der Waals surface area contributed by atoms with Gasteiger partial charge in [-0.1, -0.05) is 24.3 Å². The van der Waals surface area contributed by atoms with Crippen LogP contribution in [0.1, 0.15) is 34.4 Å². The lowest BCUT2D eigenvalue weighted by atomic mass is 10.1. The van der Waals surface area contributed by atoms with Crippen LogP contribution in [0.4, 0.5) is 5.82 Å². The lowest BCUT2D eigenvalue weighted by Gasteiger charge is -2.00. The van der Waals surface area contributed by atoms with Gasteiger partial charge in [-0.05, 0) is 36.3 Å². The average molecular weight is 349 g/mol. The van der Waals surface area contributed by atoms with Crippen molar-refractivity contribution in [3.05, 3.63) is 77.4 Å². The van der Waals surface area contributed by atoms with Gasteiger partial charge in [0, 0.05) is 25.3 Å². The van der Waals surface area contributed by atoms with E-state index in [1.165, 1.54) is 13.0 Å². The van der Waals surface area contributed by atoms with Crippen molar-refractivity contribution in [1.82, 2.24) is 9.78 Å². The highest BCUT2D eigenvalue weighted by Gasteiger charge is 2.08. The molecule has 0 aliphatic rings. The van der Waals surface area contributed by atoms with Gasteiger partial charge in [0.15, 0.2) is 17.4 Å². The Balaban J connectivity index is 1.60. The number of carbonyl (C=O) groups is 2. The summed E-state index contributed by atoms with van der Waals surface area (Å²) in [6.07, 6.45) is 4.98. The van der Waals surface area contributed by atoms with E-state index in [4.69, 9.17) is 4.42 Å². The second-order valence-electron chi connectivity index (χ2n) is 5.90. The van der Waals surface area contributed by atoms with Gasteiger partial charge in [0.1, 0.15) is 5.76 Å².